The average Bonchev–Trinajstić information content (AvgIpc) is 4.11. The molecular weight excluding hydrogens is 1010 g/mol. The molecule has 4 heterocycles. The molecule has 76 heavy (non-hydrogen) atoms. The van der Waals surface area contributed by atoms with Crippen molar-refractivity contribution in [1.29, 1.82) is 0 Å². The number of rotatable bonds is 31. The molecule has 0 radical (unpaired) electrons. The van der Waals surface area contributed by atoms with E-state index in [1.807, 2.05) is 10.9 Å². The Hall–Kier alpha value is -7.43. The normalized spacial score (nSPS) is 11.1. The summed E-state index contributed by atoms with van der Waals surface area (Å²) in [4.78, 5) is 126. The Morgan fingerprint density at radius 1 is 0.461 bits per heavy atom. The van der Waals surface area contributed by atoms with Gasteiger partial charge in [0.15, 0.2) is 6.29 Å². The van der Waals surface area contributed by atoms with Crippen LogP contribution in [0.5, 0.6) is 0 Å². The molecule has 0 spiro atoms. The second-order valence-corrected chi connectivity index (χ2v) is 24.8. The predicted octanol–water partition coefficient (Wildman–Crippen LogP) is 4.22. The van der Waals surface area contributed by atoms with Crippen LogP contribution in [0.25, 0.3) is 0 Å². The molecular formula is C53H73N5O17Si. The van der Waals surface area contributed by atoms with E-state index in [0.717, 1.165) is 6.04 Å². The number of carbonyl (C=O) groups is 9. The van der Waals surface area contributed by atoms with Crippen molar-refractivity contribution in [1.82, 2.24) is 19.6 Å². The van der Waals surface area contributed by atoms with E-state index in [1.54, 1.807) is 0 Å². The minimum absolute atomic E-state index is 0.00554. The Labute approximate surface area is 442 Å². The van der Waals surface area contributed by atoms with Gasteiger partial charge in [-0.05, 0) is 76.2 Å². The number of esters is 8. The lowest BCUT2D eigenvalue weighted by molar-refractivity contribution is -0.141. The first-order valence-corrected chi connectivity index (χ1v) is 28.5. The first-order chi connectivity index (χ1) is 36.2. The summed E-state index contributed by atoms with van der Waals surface area (Å²) in [6.45, 7) is 7.32. The number of aromatic amines is 3. The van der Waals surface area contributed by atoms with Gasteiger partial charge in [-0.25, -0.2) is 0 Å². The van der Waals surface area contributed by atoms with E-state index in [9.17, 15) is 43.2 Å². The van der Waals surface area contributed by atoms with Gasteiger partial charge in [-0.3, -0.25) is 47.8 Å². The van der Waals surface area contributed by atoms with Gasteiger partial charge in [0.25, 0.3) is 0 Å². The highest BCUT2D eigenvalue weighted by molar-refractivity contribution is 6.76. The molecule has 4 aromatic heterocycles. The number of carbonyl (C=O) groups excluding carboxylic acids is 9. The number of aldehydes is 1. The molecule has 23 heteroatoms. The highest BCUT2D eigenvalue weighted by Crippen LogP contribution is 2.34. The largest absolute Gasteiger partial charge is 0.469 e. The van der Waals surface area contributed by atoms with Gasteiger partial charge in [-0.2, -0.15) is 0 Å². The maximum atomic E-state index is 13.5. The molecule has 0 bridgehead atoms. The van der Waals surface area contributed by atoms with Crippen molar-refractivity contribution in [3.05, 3.63) is 90.6 Å². The van der Waals surface area contributed by atoms with E-state index in [0.29, 0.717) is 91.5 Å². The Bertz CT molecular complexity index is 2740. The first kappa shape index (κ1) is 61.1. The number of hydrogen-bond donors (Lipinski definition) is 4. The number of aryl methyl sites for hydroxylation is 1. The summed E-state index contributed by atoms with van der Waals surface area (Å²) in [5.41, 5.74) is 11.0. The zero-order chi connectivity index (χ0) is 56.3. The number of H-pyrrole nitrogens is 3. The Kier molecular flexibility index (Phi) is 23.3. The summed E-state index contributed by atoms with van der Waals surface area (Å²) in [5.74, 6) is -4.38. The van der Waals surface area contributed by atoms with E-state index in [1.165, 1.54) is 56.9 Å². The van der Waals surface area contributed by atoms with Crippen LogP contribution in [0.2, 0.25) is 25.7 Å². The van der Waals surface area contributed by atoms with Crippen LogP contribution in [0.15, 0.2) is 6.20 Å². The van der Waals surface area contributed by atoms with Gasteiger partial charge in [0, 0.05) is 99.9 Å². The molecule has 0 fully saturated rings. The number of nitrogens with zero attached hydrogens (tertiary/aromatic N) is 1. The standard InChI is InChI=1S/C53H73N5O17Si/c1-68-46(60)16-12-31-29-58(54-20-21-76(9,10)11)45(35(31)22-50(64)72-5)28-43-33(14-18-48(62)70-3)37(24-52(66)74-7)42(56-43)26-39-32(13-17-47(61)69-2)36(23-51(65)73-6)41(55-39)27-40-34(15-19-49(63)71-4)38(25-53(67)75-8)44(30-59)57-40/h29-30,54-57H,12-28H2,1-11H3. The molecule has 0 saturated carbocycles. The quantitative estimate of drug-likeness (QED) is 0.0237. The fourth-order valence-electron chi connectivity index (χ4n) is 9.11. The lowest BCUT2D eigenvalue weighted by Gasteiger charge is -2.19. The van der Waals surface area contributed by atoms with Gasteiger partial charge < -0.3 is 58.3 Å². The molecule has 0 aliphatic heterocycles. The maximum absolute atomic E-state index is 13.5. The molecule has 0 aromatic carbocycles. The van der Waals surface area contributed by atoms with Crippen LogP contribution in [0.1, 0.15) is 115 Å². The molecule has 0 atom stereocenters. The summed E-state index contributed by atoms with van der Waals surface area (Å²) in [6, 6.07) is 0.898. The van der Waals surface area contributed by atoms with Crippen molar-refractivity contribution in [3.8, 4) is 0 Å². The minimum Gasteiger partial charge on any atom is -0.469 e. The SMILES string of the molecule is COC(=O)CCc1cn(NCC[Si](C)(C)C)c(Cc2[nH]c(Cc3[nH]c(Cc4[nH]c(C=O)c(CC(=O)OC)c4CCC(=O)OC)c(CC(=O)OC)c3CCC(=O)OC)c(CC(=O)OC)c2CCC(=O)OC)c1CC(=O)OC. The van der Waals surface area contributed by atoms with Crippen LogP contribution >= 0.6 is 0 Å². The topological polar surface area (TPSA) is 292 Å². The Morgan fingerprint density at radius 3 is 1.20 bits per heavy atom. The zero-order valence-corrected chi connectivity index (χ0v) is 46.6. The van der Waals surface area contributed by atoms with Crippen LogP contribution in [-0.2, 0) is 147 Å². The lowest BCUT2D eigenvalue weighted by Crippen LogP contribution is -2.27. The van der Waals surface area contributed by atoms with Crippen molar-refractivity contribution < 1.29 is 81.0 Å². The van der Waals surface area contributed by atoms with Crippen LogP contribution in [0.3, 0.4) is 0 Å². The molecule has 0 aliphatic rings. The second kappa shape index (κ2) is 29.0. The number of nitrogens with one attached hydrogen (secondary N) is 4. The van der Waals surface area contributed by atoms with Gasteiger partial charge in [0.1, 0.15) is 0 Å². The monoisotopic (exact) mass is 1080 g/mol. The van der Waals surface area contributed by atoms with E-state index in [-0.39, 0.29) is 102 Å². The summed E-state index contributed by atoms with van der Waals surface area (Å²) in [7, 11) is 8.51. The Balaban J connectivity index is 2.08. The molecule has 416 valence electrons. The molecule has 22 nitrogen and oxygen atoms in total. The molecule has 0 aliphatic carbocycles. The third-order valence-corrected chi connectivity index (χ3v) is 15.0. The van der Waals surface area contributed by atoms with Crippen molar-refractivity contribution >= 4 is 62.1 Å². The molecule has 0 amide bonds. The highest BCUT2D eigenvalue weighted by Gasteiger charge is 2.30. The zero-order valence-electron chi connectivity index (χ0n) is 45.6. The second-order valence-electron chi connectivity index (χ2n) is 19.2. The van der Waals surface area contributed by atoms with Gasteiger partial charge in [-0.15, -0.1) is 0 Å². The van der Waals surface area contributed by atoms with Crippen LogP contribution in [-0.4, -0.2) is 145 Å². The lowest BCUT2D eigenvalue weighted by atomic mass is 9.94. The molecule has 4 aromatic rings. The van der Waals surface area contributed by atoms with E-state index in [2.05, 4.69) is 40.0 Å². The molecule has 0 saturated heterocycles. The molecule has 4 N–H and O–H groups in total. The first-order valence-electron chi connectivity index (χ1n) is 24.8. The van der Waals surface area contributed by atoms with E-state index < -0.39 is 55.8 Å². The van der Waals surface area contributed by atoms with Crippen molar-refractivity contribution in [2.45, 2.75) is 122 Å². The van der Waals surface area contributed by atoms with Gasteiger partial charge in [0.2, 0.25) is 0 Å². The number of aromatic nitrogens is 4. The van der Waals surface area contributed by atoms with E-state index in [4.69, 9.17) is 37.9 Å². The third kappa shape index (κ3) is 17.0. The number of hydrogen-bond acceptors (Lipinski definition) is 18. The number of ether oxygens (including phenoxy) is 8. The smallest absolute Gasteiger partial charge is 0.310 e. The molecule has 4 rings (SSSR count). The summed E-state index contributed by atoms with van der Waals surface area (Å²) >= 11 is 0. The van der Waals surface area contributed by atoms with Crippen molar-refractivity contribution in [2.24, 2.45) is 0 Å². The fraction of sp³-hybridized carbons (Fsp3) is 0.528. The minimum atomic E-state index is -1.56. The van der Waals surface area contributed by atoms with Gasteiger partial charge >= 0.3 is 47.8 Å². The van der Waals surface area contributed by atoms with Gasteiger partial charge in [-0.1, -0.05) is 19.6 Å². The summed E-state index contributed by atoms with van der Waals surface area (Å²) in [5, 5.41) is 0. The molecule has 0 unspecified atom stereocenters. The summed E-state index contributed by atoms with van der Waals surface area (Å²) < 4.78 is 42.3. The third-order valence-electron chi connectivity index (χ3n) is 13.2. The average molecular weight is 1080 g/mol. The Morgan fingerprint density at radius 2 is 0.803 bits per heavy atom. The van der Waals surface area contributed by atoms with Gasteiger partial charge in [0.05, 0.1) is 88.3 Å². The number of methoxy groups -OCH3 is 8. The summed E-state index contributed by atoms with van der Waals surface area (Å²) in [6.07, 6.45) is 1.78. The van der Waals surface area contributed by atoms with Crippen molar-refractivity contribution in [3.63, 3.8) is 0 Å². The maximum Gasteiger partial charge on any atom is 0.310 e. The van der Waals surface area contributed by atoms with E-state index >= 15 is 0 Å². The fourth-order valence-corrected chi connectivity index (χ4v) is 9.97. The van der Waals surface area contributed by atoms with Crippen LogP contribution < -0.4 is 5.43 Å². The highest BCUT2D eigenvalue weighted by atomic mass is 28.3. The predicted molar refractivity (Wildman–Crippen MR) is 277 cm³/mol. The van der Waals surface area contributed by atoms with Crippen LogP contribution in [0, 0.1) is 0 Å². The van der Waals surface area contributed by atoms with Crippen LogP contribution in [0.4, 0.5) is 0 Å². The van der Waals surface area contributed by atoms with Crippen molar-refractivity contribution in [2.75, 3.05) is 68.8 Å².